The van der Waals surface area contributed by atoms with Crippen molar-refractivity contribution in [3.63, 3.8) is 0 Å². The maximum Gasteiger partial charge on any atom is 0.188 e. The maximum absolute atomic E-state index is 5.63. The SMILES string of the molecule is CN=C(N)NCC1C2Cc3ccccc3C12.I. The van der Waals surface area contributed by atoms with E-state index in [0.717, 1.165) is 24.3 Å². The minimum absolute atomic E-state index is 0. The molecular weight excluding hydrogens is 325 g/mol. The van der Waals surface area contributed by atoms with Crippen LogP contribution in [0.4, 0.5) is 0 Å². The lowest BCUT2D eigenvalue weighted by molar-refractivity contribution is 0.663. The van der Waals surface area contributed by atoms with Crippen LogP contribution < -0.4 is 11.1 Å². The summed E-state index contributed by atoms with van der Waals surface area (Å²) < 4.78 is 0. The largest absolute Gasteiger partial charge is 0.370 e. The van der Waals surface area contributed by atoms with Gasteiger partial charge in [0, 0.05) is 13.6 Å². The van der Waals surface area contributed by atoms with Gasteiger partial charge in [0.05, 0.1) is 0 Å². The average molecular weight is 343 g/mol. The molecule has 0 amide bonds. The van der Waals surface area contributed by atoms with Crippen LogP contribution in [-0.2, 0) is 6.42 Å². The standard InChI is InChI=1S/C13H17N3.HI/c1-15-13(14)16-7-11-10-6-8-4-2-3-5-9(8)12(10)11;/h2-5,10-12H,6-7H2,1H3,(H3,14,15,16);1H. The van der Waals surface area contributed by atoms with Crippen LogP contribution in [0.5, 0.6) is 0 Å². The van der Waals surface area contributed by atoms with Crippen LogP contribution in [-0.4, -0.2) is 19.6 Å². The Morgan fingerprint density at radius 1 is 1.47 bits per heavy atom. The van der Waals surface area contributed by atoms with Gasteiger partial charge in [0.1, 0.15) is 0 Å². The third-order valence-electron chi connectivity index (χ3n) is 3.96. The molecule has 0 aliphatic heterocycles. The van der Waals surface area contributed by atoms with Gasteiger partial charge in [-0.05, 0) is 35.3 Å². The van der Waals surface area contributed by atoms with Gasteiger partial charge in [-0.3, -0.25) is 4.99 Å². The number of nitrogens with two attached hydrogens (primary N) is 1. The molecule has 1 aromatic rings. The zero-order valence-corrected chi connectivity index (χ0v) is 12.2. The quantitative estimate of drug-likeness (QED) is 0.488. The fourth-order valence-electron chi connectivity index (χ4n) is 3.06. The highest BCUT2D eigenvalue weighted by atomic mass is 127. The van der Waals surface area contributed by atoms with E-state index in [1.165, 1.54) is 6.42 Å². The van der Waals surface area contributed by atoms with Gasteiger partial charge in [-0.1, -0.05) is 24.3 Å². The van der Waals surface area contributed by atoms with Gasteiger partial charge in [-0.25, -0.2) is 0 Å². The minimum Gasteiger partial charge on any atom is -0.370 e. The zero-order valence-electron chi connectivity index (χ0n) is 9.89. The molecular formula is C13H18IN3. The van der Waals surface area contributed by atoms with Crippen molar-refractivity contribution in [2.45, 2.75) is 12.3 Å². The van der Waals surface area contributed by atoms with E-state index in [-0.39, 0.29) is 24.0 Å². The van der Waals surface area contributed by atoms with Crippen molar-refractivity contribution in [1.82, 2.24) is 5.32 Å². The molecule has 3 nitrogen and oxygen atoms in total. The van der Waals surface area contributed by atoms with Gasteiger partial charge >= 0.3 is 0 Å². The molecule has 3 atom stereocenters. The molecule has 3 N–H and O–H groups in total. The molecule has 0 aromatic heterocycles. The van der Waals surface area contributed by atoms with Crippen molar-refractivity contribution in [3.05, 3.63) is 35.4 Å². The van der Waals surface area contributed by atoms with Crippen molar-refractivity contribution in [3.8, 4) is 0 Å². The maximum atomic E-state index is 5.63. The summed E-state index contributed by atoms with van der Waals surface area (Å²) in [5.41, 5.74) is 8.74. The normalized spacial score (nSPS) is 29.0. The highest BCUT2D eigenvalue weighted by molar-refractivity contribution is 14.0. The fourth-order valence-corrected chi connectivity index (χ4v) is 3.06. The van der Waals surface area contributed by atoms with E-state index in [2.05, 4.69) is 34.6 Å². The lowest BCUT2D eigenvalue weighted by Gasteiger charge is -2.08. The molecule has 0 bridgehead atoms. The average Bonchev–Trinajstić information content (AvgIpc) is 2.85. The Balaban J connectivity index is 0.00000108. The number of rotatable bonds is 2. The number of fused-ring (bicyclic) bond motifs is 3. The fraction of sp³-hybridized carbons (Fsp3) is 0.462. The highest BCUT2D eigenvalue weighted by Gasteiger charge is 2.54. The molecule has 2 aliphatic rings. The lowest BCUT2D eigenvalue weighted by atomic mass is 10.0. The third kappa shape index (κ3) is 2.14. The third-order valence-corrected chi connectivity index (χ3v) is 3.96. The lowest BCUT2D eigenvalue weighted by Crippen LogP contribution is -2.33. The van der Waals surface area contributed by atoms with Crippen LogP contribution in [0.15, 0.2) is 29.3 Å². The summed E-state index contributed by atoms with van der Waals surface area (Å²) in [5.74, 6) is 2.93. The van der Waals surface area contributed by atoms with Gasteiger partial charge < -0.3 is 11.1 Å². The van der Waals surface area contributed by atoms with Crippen molar-refractivity contribution >= 4 is 29.9 Å². The zero-order chi connectivity index (χ0) is 11.1. The Bertz CT molecular complexity index is 444. The van der Waals surface area contributed by atoms with Gasteiger partial charge in [0.15, 0.2) is 5.96 Å². The van der Waals surface area contributed by atoms with Crippen LogP contribution in [0, 0.1) is 11.8 Å². The first-order chi connectivity index (χ1) is 7.81. The molecule has 3 unspecified atom stereocenters. The van der Waals surface area contributed by atoms with E-state index in [1.54, 1.807) is 18.2 Å². The summed E-state index contributed by atoms with van der Waals surface area (Å²) in [7, 11) is 1.71. The molecule has 1 saturated carbocycles. The van der Waals surface area contributed by atoms with E-state index >= 15 is 0 Å². The molecule has 3 rings (SSSR count). The monoisotopic (exact) mass is 343 g/mol. The summed E-state index contributed by atoms with van der Waals surface area (Å²) in [6.07, 6.45) is 1.25. The molecule has 0 heterocycles. The van der Waals surface area contributed by atoms with Crippen molar-refractivity contribution < 1.29 is 0 Å². The number of hydrogen-bond acceptors (Lipinski definition) is 1. The molecule has 17 heavy (non-hydrogen) atoms. The minimum atomic E-state index is 0. The summed E-state index contributed by atoms with van der Waals surface area (Å²) in [6, 6.07) is 8.82. The van der Waals surface area contributed by atoms with E-state index in [9.17, 15) is 0 Å². The molecule has 2 aliphatic carbocycles. The Kier molecular flexibility index (Phi) is 3.61. The number of hydrogen-bond donors (Lipinski definition) is 2. The predicted molar refractivity (Wildman–Crippen MR) is 80.8 cm³/mol. The van der Waals surface area contributed by atoms with E-state index in [4.69, 9.17) is 5.73 Å². The number of halogens is 1. The number of benzene rings is 1. The second-order valence-electron chi connectivity index (χ2n) is 4.75. The summed E-state index contributed by atoms with van der Waals surface area (Å²) in [4.78, 5) is 3.91. The Morgan fingerprint density at radius 3 is 3.00 bits per heavy atom. The summed E-state index contributed by atoms with van der Waals surface area (Å²) >= 11 is 0. The van der Waals surface area contributed by atoms with Crippen molar-refractivity contribution in [2.24, 2.45) is 22.6 Å². The van der Waals surface area contributed by atoms with E-state index in [0.29, 0.717) is 5.96 Å². The topological polar surface area (TPSA) is 50.4 Å². The molecule has 0 radical (unpaired) electrons. The molecule has 92 valence electrons. The van der Waals surface area contributed by atoms with Crippen molar-refractivity contribution in [1.29, 1.82) is 0 Å². The first kappa shape index (κ1) is 12.7. The van der Waals surface area contributed by atoms with E-state index < -0.39 is 0 Å². The molecule has 0 spiro atoms. The number of aliphatic imine (C=N–C) groups is 1. The second kappa shape index (κ2) is 4.84. The highest BCUT2D eigenvalue weighted by Crippen LogP contribution is 2.60. The van der Waals surface area contributed by atoms with Gasteiger partial charge in [0.2, 0.25) is 0 Å². The summed E-state index contributed by atoms with van der Waals surface area (Å²) in [6.45, 7) is 0.965. The Labute approximate surface area is 119 Å². The van der Waals surface area contributed by atoms with Crippen LogP contribution in [0.3, 0.4) is 0 Å². The summed E-state index contributed by atoms with van der Waals surface area (Å²) in [5, 5.41) is 3.18. The van der Waals surface area contributed by atoms with Crippen LogP contribution in [0.2, 0.25) is 0 Å². The molecule has 4 heteroatoms. The first-order valence-corrected chi connectivity index (χ1v) is 5.85. The van der Waals surface area contributed by atoms with Gasteiger partial charge in [0.25, 0.3) is 0 Å². The second-order valence-corrected chi connectivity index (χ2v) is 4.75. The number of nitrogens with zero attached hydrogens (tertiary/aromatic N) is 1. The predicted octanol–water partition coefficient (Wildman–Crippen LogP) is 1.72. The van der Waals surface area contributed by atoms with Gasteiger partial charge in [-0.15, -0.1) is 24.0 Å². The van der Waals surface area contributed by atoms with E-state index in [1.807, 2.05) is 0 Å². The molecule has 1 aromatic carbocycles. The smallest absolute Gasteiger partial charge is 0.188 e. The van der Waals surface area contributed by atoms with Gasteiger partial charge in [-0.2, -0.15) is 0 Å². The van der Waals surface area contributed by atoms with Crippen LogP contribution in [0.1, 0.15) is 17.0 Å². The molecule has 0 saturated heterocycles. The Hall–Kier alpha value is -0.780. The molecule has 1 fully saturated rings. The Morgan fingerprint density at radius 2 is 2.24 bits per heavy atom. The number of nitrogens with one attached hydrogen (secondary N) is 1. The first-order valence-electron chi connectivity index (χ1n) is 5.85. The van der Waals surface area contributed by atoms with Crippen LogP contribution in [0.25, 0.3) is 0 Å². The van der Waals surface area contributed by atoms with Crippen molar-refractivity contribution in [2.75, 3.05) is 13.6 Å². The van der Waals surface area contributed by atoms with Crippen LogP contribution >= 0.6 is 24.0 Å². The number of guanidine groups is 1.